The first-order valence-electron chi connectivity index (χ1n) is 9.49. The van der Waals surface area contributed by atoms with Crippen molar-refractivity contribution in [3.63, 3.8) is 0 Å². The fourth-order valence-corrected chi connectivity index (χ4v) is 3.45. The van der Waals surface area contributed by atoms with E-state index < -0.39 is 17.5 Å². The third kappa shape index (κ3) is 3.25. The maximum absolute atomic E-state index is 13.1. The number of para-hydroxylation sites is 2. The minimum atomic E-state index is -0.863. The van der Waals surface area contributed by atoms with Crippen molar-refractivity contribution in [3.8, 4) is 11.4 Å². The molecule has 1 aromatic heterocycles. The molecule has 3 aromatic carbocycles. The van der Waals surface area contributed by atoms with Crippen molar-refractivity contribution < 1.29 is 9.59 Å². The average molecular weight is 409 g/mol. The lowest BCUT2D eigenvalue weighted by atomic mass is 10.1. The molecule has 0 saturated carbocycles. The first kappa shape index (κ1) is 18.4. The number of benzene rings is 3. The third-order valence-corrected chi connectivity index (χ3v) is 4.87. The number of carbonyl (C=O) groups excluding carboxylic acids is 2. The van der Waals surface area contributed by atoms with Gasteiger partial charge in [-0.05, 0) is 18.2 Å². The van der Waals surface area contributed by atoms with Gasteiger partial charge >= 0.3 is 6.03 Å². The average Bonchev–Trinajstić information content (AvgIpc) is 3.11. The second-order valence-electron chi connectivity index (χ2n) is 6.84. The van der Waals surface area contributed by atoms with Gasteiger partial charge < -0.3 is 5.32 Å². The van der Waals surface area contributed by atoms with E-state index in [4.69, 9.17) is 0 Å². The van der Waals surface area contributed by atoms with Gasteiger partial charge in [-0.3, -0.25) is 9.59 Å². The smallest absolute Gasteiger partial charge is 0.320 e. The van der Waals surface area contributed by atoms with E-state index in [9.17, 15) is 14.4 Å². The van der Waals surface area contributed by atoms with E-state index in [-0.39, 0.29) is 11.5 Å². The highest BCUT2D eigenvalue weighted by Crippen LogP contribution is 2.23. The molecule has 8 heteroatoms. The number of nitrogens with zero attached hydrogens (tertiary/aromatic N) is 3. The van der Waals surface area contributed by atoms with Crippen LogP contribution in [0.5, 0.6) is 0 Å². The van der Waals surface area contributed by atoms with E-state index in [1.165, 1.54) is 0 Å². The number of anilines is 1. The highest BCUT2D eigenvalue weighted by atomic mass is 16.2. The molecule has 0 radical (unpaired) electrons. The maximum Gasteiger partial charge on any atom is 0.360 e. The fourth-order valence-electron chi connectivity index (χ4n) is 3.45. The zero-order valence-electron chi connectivity index (χ0n) is 16.1. The molecule has 0 bridgehead atoms. The van der Waals surface area contributed by atoms with Crippen LogP contribution < -0.4 is 16.3 Å². The zero-order valence-corrected chi connectivity index (χ0v) is 16.1. The lowest BCUT2D eigenvalue weighted by molar-refractivity contribution is -0.110. The summed E-state index contributed by atoms with van der Waals surface area (Å²) in [5, 5.41) is 3.01. The number of nitrogens with one attached hydrogen (secondary N) is 2. The molecule has 2 heterocycles. The van der Waals surface area contributed by atoms with E-state index in [2.05, 4.69) is 20.7 Å². The van der Waals surface area contributed by atoms with E-state index in [0.29, 0.717) is 27.7 Å². The second kappa shape index (κ2) is 7.34. The molecule has 8 nitrogen and oxygen atoms in total. The van der Waals surface area contributed by atoms with Crippen molar-refractivity contribution in [1.29, 1.82) is 0 Å². The molecule has 1 aliphatic heterocycles. The van der Waals surface area contributed by atoms with Crippen LogP contribution in [-0.4, -0.2) is 27.3 Å². The molecule has 0 aliphatic carbocycles. The minimum absolute atomic E-state index is 0.0174. The number of hydrogen-bond acceptors (Lipinski definition) is 4. The highest BCUT2D eigenvalue weighted by molar-refractivity contribution is 6.54. The summed E-state index contributed by atoms with van der Waals surface area (Å²) in [6.45, 7) is 0. The van der Waals surface area contributed by atoms with Gasteiger partial charge in [-0.15, -0.1) is 0 Å². The second-order valence-corrected chi connectivity index (χ2v) is 6.84. The van der Waals surface area contributed by atoms with Crippen molar-refractivity contribution in [2.24, 2.45) is 4.99 Å². The summed E-state index contributed by atoms with van der Waals surface area (Å²) >= 11 is 0. The molecule has 0 unspecified atom stereocenters. The van der Waals surface area contributed by atoms with Crippen molar-refractivity contribution in [1.82, 2.24) is 9.66 Å². The van der Waals surface area contributed by atoms with Crippen molar-refractivity contribution >= 4 is 34.2 Å². The predicted molar refractivity (Wildman–Crippen MR) is 118 cm³/mol. The van der Waals surface area contributed by atoms with Gasteiger partial charge in [-0.2, -0.15) is 9.67 Å². The third-order valence-electron chi connectivity index (χ3n) is 4.87. The Labute approximate surface area is 175 Å². The molecule has 2 N–H and O–H groups in total. The molecule has 1 aliphatic rings. The Morgan fingerprint density at radius 3 is 2.45 bits per heavy atom. The Balaban J connectivity index is 1.61. The number of rotatable bonds is 2. The van der Waals surface area contributed by atoms with Crippen LogP contribution in [0.2, 0.25) is 0 Å². The van der Waals surface area contributed by atoms with Crippen molar-refractivity contribution in [2.75, 3.05) is 10.7 Å². The molecule has 0 fully saturated rings. The molecular formula is C23H15N5O3. The lowest BCUT2D eigenvalue weighted by Gasteiger charge is -2.13. The van der Waals surface area contributed by atoms with Crippen LogP contribution in [0.15, 0.2) is 88.6 Å². The van der Waals surface area contributed by atoms with Crippen LogP contribution in [0.25, 0.3) is 22.3 Å². The Morgan fingerprint density at radius 2 is 1.61 bits per heavy atom. The van der Waals surface area contributed by atoms with Crippen LogP contribution in [-0.2, 0) is 4.79 Å². The Morgan fingerprint density at radius 1 is 0.903 bits per heavy atom. The molecule has 0 saturated heterocycles. The predicted octanol–water partition coefficient (Wildman–Crippen LogP) is 3.17. The number of carbonyl (C=O) groups is 2. The molecule has 5 rings (SSSR count). The largest absolute Gasteiger partial charge is 0.360 e. The van der Waals surface area contributed by atoms with Gasteiger partial charge in [0.1, 0.15) is 5.71 Å². The van der Waals surface area contributed by atoms with Crippen LogP contribution in [0.3, 0.4) is 0 Å². The van der Waals surface area contributed by atoms with Crippen LogP contribution in [0, 0.1) is 0 Å². The van der Waals surface area contributed by atoms with Crippen LogP contribution in [0.4, 0.5) is 10.5 Å². The van der Waals surface area contributed by atoms with E-state index in [1.807, 2.05) is 18.2 Å². The summed E-state index contributed by atoms with van der Waals surface area (Å²) in [6.07, 6.45) is 0. The van der Waals surface area contributed by atoms with Crippen LogP contribution >= 0.6 is 0 Å². The van der Waals surface area contributed by atoms with E-state index >= 15 is 0 Å². The zero-order chi connectivity index (χ0) is 21.4. The van der Waals surface area contributed by atoms with Gasteiger partial charge in [0.15, 0.2) is 5.82 Å². The number of hydrogen-bond donors (Lipinski definition) is 2. The summed E-state index contributed by atoms with van der Waals surface area (Å²) in [4.78, 5) is 46.6. The number of urea groups is 1. The normalized spacial score (nSPS) is 13.8. The SMILES string of the molecule is O=C(/N=C1\C(=O)Nc2ccccc21)Nn1c(-c2ccccc2)nc2ccccc2c1=O. The number of aliphatic imine (C=N–C) groups is 1. The van der Waals surface area contributed by atoms with E-state index in [1.54, 1.807) is 60.7 Å². The Hall–Kier alpha value is -4.59. The first-order chi connectivity index (χ1) is 15.1. The lowest BCUT2D eigenvalue weighted by Crippen LogP contribution is -2.34. The molecule has 0 atom stereocenters. The molecule has 150 valence electrons. The summed E-state index contributed by atoms with van der Waals surface area (Å²) < 4.78 is 1.06. The van der Waals surface area contributed by atoms with Gasteiger partial charge in [-0.1, -0.05) is 60.7 Å². The molecular weight excluding hydrogens is 394 g/mol. The summed E-state index contributed by atoms with van der Waals surface area (Å²) in [5.41, 5.74) is 4.26. The number of aromatic nitrogens is 2. The minimum Gasteiger partial charge on any atom is -0.320 e. The molecule has 31 heavy (non-hydrogen) atoms. The van der Waals surface area contributed by atoms with Gasteiger partial charge in [0.25, 0.3) is 11.5 Å². The highest BCUT2D eigenvalue weighted by Gasteiger charge is 2.26. The fraction of sp³-hybridized carbons (Fsp3) is 0. The number of amides is 3. The monoisotopic (exact) mass is 409 g/mol. The van der Waals surface area contributed by atoms with Crippen molar-refractivity contribution in [2.45, 2.75) is 0 Å². The topological polar surface area (TPSA) is 105 Å². The summed E-state index contributed by atoms with van der Waals surface area (Å²) in [6, 6.07) is 22.0. The first-order valence-corrected chi connectivity index (χ1v) is 9.49. The molecule has 0 spiro atoms. The van der Waals surface area contributed by atoms with Crippen molar-refractivity contribution in [3.05, 3.63) is 94.8 Å². The van der Waals surface area contributed by atoms with Gasteiger partial charge in [0.2, 0.25) is 0 Å². The quantitative estimate of drug-likeness (QED) is 0.530. The molecule has 3 amide bonds. The number of fused-ring (bicyclic) bond motifs is 2. The summed E-state index contributed by atoms with van der Waals surface area (Å²) in [7, 11) is 0. The molecule has 4 aromatic rings. The standard InChI is InChI=1S/C23H15N5O3/c29-21-19(15-10-4-6-12-17(15)25-21)26-23(31)27-28-20(14-8-2-1-3-9-14)24-18-13-7-5-11-16(18)22(28)30/h1-13H,(H2,25,26,27,29,31). The summed E-state index contributed by atoms with van der Waals surface area (Å²) in [5.74, 6) is -0.224. The van der Waals surface area contributed by atoms with Gasteiger partial charge in [-0.25, -0.2) is 15.2 Å². The van der Waals surface area contributed by atoms with E-state index in [0.717, 1.165) is 4.68 Å². The maximum atomic E-state index is 13.1. The van der Waals surface area contributed by atoms with Gasteiger partial charge in [0, 0.05) is 11.1 Å². The van der Waals surface area contributed by atoms with Crippen LogP contribution in [0.1, 0.15) is 5.56 Å². The Kier molecular flexibility index (Phi) is 4.37. The Bertz CT molecular complexity index is 1440. The van der Waals surface area contributed by atoms with Gasteiger partial charge in [0.05, 0.1) is 16.6 Å².